The summed E-state index contributed by atoms with van der Waals surface area (Å²) in [6.07, 6.45) is 8.85. The van der Waals surface area contributed by atoms with Gasteiger partial charge in [-0.15, -0.1) is 0 Å². The zero-order chi connectivity index (χ0) is 8.28. The molecule has 1 saturated heterocycles. The van der Waals surface area contributed by atoms with Crippen LogP contribution >= 0.6 is 0 Å². The van der Waals surface area contributed by atoms with Crippen LogP contribution in [0.1, 0.15) is 25.7 Å². The zero-order valence-corrected chi connectivity index (χ0v) is 7.42. The number of rotatable bonds is 0. The molecule has 0 radical (unpaired) electrons. The van der Waals surface area contributed by atoms with Crippen LogP contribution in [-0.2, 0) is 9.47 Å². The maximum atomic E-state index is 5.86. The van der Waals surface area contributed by atoms with Crippen LogP contribution in [0.3, 0.4) is 0 Å². The van der Waals surface area contributed by atoms with E-state index in [-0.39, 0.29) is 5.60 Å². The fraction of sp³-hybridized carbons (Fsp3) is 0.800. The Morgan fingerprint density at radius 1 is 1.00 bits per heavy atom. The summed E-state index contributed by atoms with van der Waals surface area (Å²) in [5.41, 5.74) is 0.155. The highest BCUT2D eigenvalue weighted by molar-refractivity contribution is 4.93. The second kappa shape index (κ2) is 3.58. The molecule has 2 heteroatoms. The van der Waals surface area contributed by atoms with Crippen molar-refractivity contribution in [3.8, 4) is 0 Å². The maximum absolute atomic E-state index is 5.86. The van der Waals surface area contributed by atoms with E-state index >= 15 is 0 Å². The second-order valence-corrected chi connectivity index (χ2v) is 3.62. The molecule has 1 spiro atoms. The highest BCUT2D eigenvalue weighted by Gasteiger charge is 2.32. The largest absolute Gasteiger partial charge is 0.381 e. The first kappa shape index (κ1) is 8.27. The molecule has 2 aliphatic rings. The second-order valence-electron chi connectivity index (χ2n) is 3.62. The first-order valence-corrected chi connectivity index (χ1v) is 4.78. The van der Waals surface area contributed by atoms with Gasteiger partial charge in [0.25, 0.3) is 0 Å². The van der Waals surface area contributed by atoms with E-state index in [1.807, 2.05) is 0 Å². The number of hydrogen-bond donors (Lipinski definition) is 0. The molecule has 1 fully saturated rings. The van der Waals surface area contributed by atoms with Crippen LogP contribution < -0.4 is 0 Å². The van der Waals surface area contributed by atoms with Crippen molar-refractivity contribution in [1.29, 1.82) is 0 Å². The number of allylic oxidation sites excluding steroid dienone is 1. The molecule has 2 rings (SSSR count). The van der Waals surface area contributed by atoms with Gasteiger partial charge in [0.1, 0.15) is 0 Å². The quantitative estimate of drug-likeness (QED) is 0.514. The Labute approximate surface area is 73.5 Å². The van der Waals surface area contributed by atoms with Crippen LogP contribution in [0.15, 0.2) is 12.2 Å². The van der Waals surface area contributed by atoms with Gasteiger partial charge in [0.15, 0.2) is 0 Å². The maximum Gasteiger partial charge on any atom is 0.0733 e. The SMILES string of the molecule is C1=CCOC2(CC1)CCOCC2. The van der Waals surface area contributed by atoms with Gasteiger partial charge >= 0.3 is 0 Å². The van der Waals surface area contributed by atoms with E-state index in [0.29, 0.717) is 0 Å². The molecule has 0 unspecified atom stereocenters. The third-order valence-electron chi connectivity index (χ3n) is 2.82. The molecule has 2 nitrogen and oxygen atoms in total. The monoisotopic (exact) mass is 168 g/mol. The van der Waals surface area contributed by atoms with Gasteiger partial charge < -0.3 is 9.47 Å². The van der Waals surface area contributed by atoms with Crippen LogP contribution in [0.4, 0.5) is 0 Å². The molecule has 0 aromatic carbocycles. The first-order chi connectivity index (χ1) is 5.91. The summed E-state index contributed by atoms with van der Waals surface area (Å²) < 4.78 is 11.2. The molecular formula is C10H16O2. The lowest BCUT2D eigenvalue weighted by molar-refractivity contribution is -0.103. The summed E-state index contributed by atoms with van der Waals surface area (Å²) in [4.78, 5) is 0. The molecule has 0 amide bonds. The van der Waals surface area contributed by atoms with Crippen molar-refractivity contribution in [2.45, 2.75) is 31.3 Å². The molecule has 0 aromatic rings. The van der Waals surface area contributed by atoms with Gasteiger partial charge in [0, 0.05) is 13.2 Å². The zero-order valence-electron chi connectivity index (χ0n) is 7.42. The molecule has 68 valence electrons. The van der Waals surface area contributed by atoms with Gasteiger partial charge in [0.05, 0.1) is 12.2 Å². The summed E-state index contributed by atoms with van der Waals surface area (Å²) in [5.74, 6) is 0. The van der Waals surface area contributed by atoms with Gasteiger partial charge in [-0.1, -0.05) is 12.2 Å². The van der Waals surface area contributed by atoms with E-state index in [1.54, 1.807) is 0 Å². The topological polar surface area (TPSA) is 18.5 Å². The van der Waals surface area contributed by atoms with Gasteiger partial charge in [0.2, 0.25) is 0 Å². The van der Waals surface area contributed by atoms with Crippen molar-refractivity contribution in [2.75, 3.05) is 19.8 Å². The van der Waals surface area contributed by atoms with Crippen molar-refractivity contribution in [3.63, 3.8) is 0 Å². The van der Waals surface area contributed by atoms with Crippen molar-refractivity contribution in [1.82, 2.24) is 0 Å². The fourth-order valence-electron chi connectivity index (χ4n) is 1.97. The molecule has 0 saturated carbocycles. The molecule has 0 N–H and O–H groups in total. The van der Waals surface area contributed by atoms with E-state index < -0.39 is 0 Å². The van der Waals surface area contributed by atoms with Gasteiger partial charge in [-0.05, 0) is 25.7 Å². The van der Waals surface area contributed by atoms with Gasteiger partial charge in [-0.25, -0.2) is 0 Å². The Bertz CT molecular complexity index is 157. The highest BCUT2D eigenvalue weighted by atomic mass is 16.5. The summed E-state index contributed by atoms with van der Waals surface area (Å²) in [7, 11) is 0. The smallest absolute Gasteiger partial charge is 0.0733 e. The number of hydrogen-bond acceptors (Lipinski definition) is 2. The molecule has 0 atom stereocenters. The Kier molecular flexibility index (Phi) is 2.47. The predicted molar refractivity (Wildman–Crippen MR) is 47.1 cm³/mol. The molecular weight excluding hydrogens is 152 g/mol. The molecule has 0 aromatic heterocycles. The van der Waals surface area contributed by atoms with Crippen molar-refractivity contribution in [2.24, 2.45) is 0 Å². The van der Waals surface area contributed by atoms with Crippen LogP contribution in [0.25, 0.3) is 0 Å². The minimum absolute atomic E-state index is 0.155. The third kappa shape index (κ3) is 1.70. The predicted octanol–water partition coefficient (Wildman–Crippen LogP) is 1.90. The van der Waals surface area contributed by atoms with E-state index in [2.05, 4.69) is 12.2 Å². The highest BCUT2D eigenvalue weighted by Crippen LogP contribution is 2.31. The average Bonchev–Trinajstić information content (AvgIpc) is 2.33. The number of ether oxygens (including phenoxy) is 2. The van der Waals surface area contributed by atoms with Gasteiger partial charge in [-0.3, -0.25) is 0 Å². The molecule has 0 bridgehead atoms. The van der Waals surface area contributed by atoms with Crippen LogP contribution in [0.2, 0.25) is 0 Å². The lowest BCUT2D eigenvalue weighted by Gasteiger charge is -2.36. The summed E-state index contributed by atoms with van der Waals surface area (Å²) in [5, 5.41) is 0. The summed E-state index contributed by atoms with van der Waals surface area (Å²) in [6, 6.07) is 0. The van der Waals surface area contributed by atoms with Crippen LogP contribution in [0.5, 0.6) is 0 Å². The van der Waals surface area contributed by atoms with Crippen molar-refractivity contribution < 1.29 is 9.47 Å². The summed E-state index contributed by atoms with van der Waals surface area (Å²) in [6.45, 7) is 2.54. The minimum Gasteiger partial charge on any atom is -0.381 e. The normalized spacial score (nSPS) is 28.7. The fourth-order valence-corrected chi connectivity index (χ4v) is 1.97. The van der Waals surface area contributed by atoms with Crippen molar-refractivity contribution in [3.05, 3.63) is 12.2 Å². The molecule has 2 heterocycles. The summed E-state index contributed by atoms with van der Waals surface area (Å²) >= 11 is 0. The molecule has 2 aliphatic heterocycles. The Morgan fingerprint density at radius 2 is 1.83 bits per heavy atom. The first-order valence-electron chi connectivity index (χ1n) is 4.78. The minimum atomic E-state index is 0.155. The third-order valence-corrected chi connectivity index (χ3v) is 2.82. The lowest BCUT2D eigenvalue weighted by atomic mass is 9.89. The van der Waals surface area contributed by atoms with E-state index in [1.165, 1.54) is 12.8 Å². The average molecular weight is 168 g/mol. The van der Waals surface area contributed by atoms with Gasteiger partial charge in [-0.2, -0.15) is 0 Å². The molecule has 0 aliphatic carbocycles. The van der Waals surface area contributed by atoms with E-state index in [9.17, 15) is 0 Å². The van der Waals surface area contributed by atoms with E-state index in [0.717, 1.165) is 32.7 Å². The Morgan fingerprint density at radius 3 is 2.67 bits per heavy atom. The Balaban J connectivity index is 1.98. The lowest BCUT2D eigenvalue weighted by Crippen LogP contribution is -2.38. The standard InChI is InChI=1S/C10H16O2/c1-2-4-10(12-7-3-1)5-8-11-9-6-10/h1,3H,2,4-9H2. The van der Waals surface area contributed by atoms with Crippen molar-refractivity contribution >= 4 is 0 Å². The van der Waals surface area contributed by atoms with E-state index in [4.69, 9.17) is 9.47 Å². The van der Waals surface area contributed by atoms with Crippen LogP contribution in [-0.4, -0.2) is 25.4 Å². The van der Waals surface area contributed by atoms with Crippen LogP contribution in [0, 0.1) is 0 Å². The molecule has 12 heavy (non-hydrogen) atoms. The Hall–Kier alpha value is -0.340.